The van der Waals surface area contributed by atoms with Gasteiger partial charge in [0, 0.05) is 29.8 Å². The molecule has 172 valence electrons. The summed E-state index contributed by atoms with van der Waals surface area (Å²) in [5.74, 6) is 0.125. The predicted molar refractivity (Wildman–Crippen MR) is 134 cm³/mol. The number of pyridine rings is 1. The largest absolute Gasteiger partial charge is 0.465 e. The maximum atomic E-state index is 11.8. The summed E-state index contributed by atoms with van der Waals surface area (Å²) in [5.41, 5.74) is 5.99. The second kappa shape index (κ2) is 9.35. The number of aromatic nitrogens is 2. The molecule has 33 heavy (non-hydrogen) atoms. The first kappa shape index (κ1) is 23.0. The predicted octanol–water partition coefficient (Wildman–Crippen LogP) is 4.90. The Balaban J connectivity index is 1.78. The van der Waals surface area contributed by atoms with Crippen LogP contribution in [0.1, 0.15) is 58.9 Å². The third-order valence-electron chi connectivity index (χ3n) is 6.10. The number of esters is 1. The zero-order chi connectivity index (χ0) is 23.7. The first-order chi connectivity index (χ1) is 15.8. The highest BCUT2D eigenvalue weighted by molar-refractivity contribution is 7.80. The van der Waals surface area contributed by atoms with Crippen molar-refractivity contribution in [2.24, 2.45) is 5.92 Å². The second-order valence-corrected chi connectivity index (χ2v) is 9.26. The number of aryl methyl sites for hydroxylation is 1. The number of thiocarbonyl (C=S) groups is 1. The molecule has 1 fully saturated rings. The Bertz CT molecular complexity index is 1160. The van der Waals surface area contributed by atoms with E-state index in [2.05, 4.69) is 59.6 Å². The minimum atomic E-state index is -0.337. The van der Waals surface area contributed by atoms with E-state index >= 15 is 0 Å². The van der Waals surface area contributed by atoms with E-state index in [0.717, 1.165) is 34.4 Å². The Kier molecular flexibility index (Phi) is 6.51. The molecule has 7 heteroatoms. The summed E-state index contributed by atoms with van der Waals surface area (Å²) in [6.45, 7) is 9.52. The molecule has 1 aliphatic heterocycles. The van der Waals surface area contributed by atoms with Crippen molar-refractivity contribution in [2.45, 2.75) is 39.8 Å². The standard InChI is InChI=1S/C26H30N4O2S/c1-16(2)15-29-24(23(28-26(29)33)22-8-6-7-13-27-22)21-14-17(3)30(18(21)4)20-11-9-19(10-12-20)25(31)32-5/h6-14,16,23-24H,15H2,1-5H3,(H,28,33)/t23-,24-/m1/s1. The summed E-state index contributed by atoms with van der Waals surface area (Å²) in [6, 6.07) is 15.7. The van der Waals surface area contributed by atoms with Gasteiger partial charge in [-0.1, -0.05) is 19.9 Å². The van der Waals surface area contributed by atoms with E-state index in [1.807, 2.05) is 30.5 Å². The molecular weight excluding hydrogens is 432 g/mol. The van der Waals surface area contributed by atoms with Crippen molar-refractivity contribution in [2.75, 3.05) is 13.7 Å². The summed E-state index contributed by atoms with van der Waals surface area (Å²) in [6.07, 6.45) is 1.83. The third kappa shape index (κ3) is 4.37. The molecule has 1 aliphatic rings. The lowest BCUT2D eigenvalue weighted by molar-refractivity contribution is 0.0600. The molecule has 2 aromatic heterocycles. The van der Waals surface area contributed by atoms with Gasteiger partial charge in [0.15, 0.2) is 5.11 Å². The van der Waals surface area contributed by atoms with E-state index in [-0.39, 0.29) is 18.1 Å². The average Bonchev–Trinajstić information content (AvgIpc) is 3.28. The fourth-order valence-corrected chi connectivity index (χ4v) is 5.00. The normalized spacial score (nSPS) is 18.0. The molecule has 1 N–H and O–H groups in total. The van der Waals surface area contributed by atoms with Crippen LogP contribution in [0.15, 0.2) is 54.7 Å². The lowest BCUT2D eigenvalue weighted by atomic mass is 9.96. The number of ether oxygens (including phenoxy) is 1. The van der Waals surface area contributed by atoms with Gasteiger partial charge >= 0.3 is 5.97 Å². The minimum Gasteiger partial charge on any atom is -0.465 e. The molecule has 0 amide bonds. The zero-order valence-electron chi connectivity index (χ0n) is 19.7. The Labute approximate surface area is 200 Å². The minimum absolute atomic E-state index is 0.0316. The number of carbonyl (C=O) groups is 1. The quantitative estimate of drug-likeness (QED) is 0.415. The summed E-state index contributed by atoms with van der Waals surface area (Å²) in [7, 11) is 1.39. The van der Waals surface area contributed by atoms with Crippen molar-refractivity contribution >= 4 is 23.3 Å². The van der Waals surface area contributed by atoms with Gasteiger partial charge < -0.3 is 19.5 Å². The Hall–Kier alpha value is -3.19. The Morgan fingerprint density at radius 3 is 2.52 bits per heavy atom. The van der Waals surface area contributed by atoms with Gasteiger partial charge in [0.25, 0.3) is 0 Å². The van der Waals surface area contributed by atoms with Crippen LogP contribution in [0.5, 0.6) is 0 Å². The van der Waals surface area contributed by atoms with Gasteiger partial charge in [-0.25, -0.2) is 4.79 Å². The van der Waals surface area contributed by atoms with Crippen LogP contribution in [0.4, 0.5) is 0 Å². The van der Waals surface area contributed by atoms with Crippen molar-refractivity contribution in [3.05, 3.63) is 82.9 Å². The molecule has 3 aromatic rings. The summed E-state index contributed by atoms with van der Waals surface area (Å²) < 4.78 is 7.05. The average molecular weight is 463 g/mol. The van der Waals surface area contributed by atoms with Gasteiger partial charge in [-0.05, 0) is 80.0 Å². The zero-order valence-corrected chi connectivity index (χ0v) is 20.5. The number of benzene rings is 1. The summed E-state index contributed by atoms with van der Waals surface area (Å²) >= 11 is 5.78. The Morgan fingerprint density at radius 2 is 1.91 bits per heavy atom. The molecule has 4 rings (SSSR count). The van der Waals surface area contributed by atoms with Crippen LogP contribution >= 0.6 is 12.2 Å². The molecule has 0 aliphatic carbocycles. The van der Waals surface area contributed by atoms with Crippen molar-refractivity contribution in [1.29, 1.82) is 0 Å². The smallest absolute Gasteiger partial charge is 0.337 e. The van der Waals surface area contributed by atoms with Crippen LogP contribution < -0.4 is 5.32 Å². The van der Waals surface area contributed by atoms with Crippen molar-refractivity contribution < 1.29 is 9.53 Å². The first-order valence-corrected chi connectivity index (χ1v) is 11.6. The van der Waals surface area contributed by atoms with Crippen molar-refractivity contribution in [1.82, 2.24) is 19.8 Å². The van der Waals surface area contributed by atoms with Crippen LogP contribution in [-0.2, 0) is 4.74 Å². The number of hydrogen-bond acceptors (Lipinski definition) is 4. The van der Waals surface area contributed by atoms with E-state index in [9.17, 15) is 4.79 Å². The maximum Gasteiger partial charge on any atom is 0.337 e. The fourth-order valence-electron chi connectivity index (χ4n) is 4.68. The number of methoxy groups -OCH3 is 1. The maximum absolute atomic E-state index is 11.8. The van der Waals surface area contributed by atoms with Gasteiger partial charge in [-0.2, -0.15) is 0 Å². The summed E-state index contributed by atoms with van der Waals surface area (Å²) in [4.78, 5) is 18.8. The number of nitrogens with one attached hydrogen (secondary N) is 1. The van der Waals surface area contributed by atoms with Gasteiger partial charge in [0.05, 0.1) is 30.5 Å². The molecule has 1 saturated heterocycles. The monoisotopic (exact) mass is 462 g/mol. The van der Waals surface area contributed by atoms with E-state index in [1.54, 1.807) is 12.1 Å². The number of rotatable bonds is 6. The summed E-state index contributed by atoms with van der Waals surface area (Å²) in [5, 5.41) is 4.29. The Morgan fingerprint density at radius 1 is 1.18 bits per heavy atom. The van der Waals surface area contributed by atoms with E-state index in [0.29, 0.717) is 11.5 Å². The van der Waals surface area contributed by atoms with E-state index in [4.69, 9.17) is 17.0 Å². The van der Waals surface area contributed by atoms with Crippen LogP contribution in [0.2, 0.25) is 0 Å². The number of nitrogens with zero attached hydrogens (tertiary/aromatic N) is 3. The van der Waals surface area contributed by atoms with Gasteiger partial charge in [-0.3, -0.25) is 4.98 Å². The molecule has 6 nitrogen and oxygen atoms in total. The molecular formula is C26H30N4O2S. The second-order valence-electron chi connectivity index (χ2n) is 8.87. The van der Waals surface area contributed by atoms with Crippen molar-refractivity contribution in [3.8, 4) is 5.69 Å². The first-order valence-electron chi connectivity index (χ1n) is 11.2. The number of hydrogen-bond donors (Lipinski definition) is 1. The molecule has 0 bridgehead atoms. The lowest BCUT2D eigenvalue weighted by Crippen LogP contribution is -2.33. The lowest BCUT2D eigenvalue weighted by Gasteiger charge is -2.29. The molecule has 0 unspecified atom stereocenters. The highest BCUT2D eigenvalue weighted by atomic mass is 32.1. The van der Waals surface area contributed by atoms with E-state index < -0.39 is 0 Å². The topological polar surface area (TPSA) is 59.4 Å². The molecule has 0 radical (unpaired) electrons. The van der Waals surface area contributed by atoms with Gasteiger partial charge in [0.2, 0.25) is 0 Å². The molecule has 1 aromatic carbocycles. The molecule has 0 saturated carbocycles. The van der Waals surface area contributed by atoms with Gasteiger partial charge in [-0.15, -0.1) is 0 Å². The fraction of sp³-hybridized carbons (Fsp3) is 0.346. The van der Waals surface area contributed by atoms with Gasteiger partial charge in [0.1, 0.15) is 0 Å². The van der Waals surface area contributed by atoms with Crippen LogP contribution in [0.25, 0.3) is 5.69 Å². The third-order valence-corrected chi connectivity index (χ3v) is 6.45. The molecule has 2 atom stereocenters. The number of carbonyl (C=O) groups excluding carboxylic acids is 1. The highest BCUT2D eigenvalue weighted by Crippen LogP contribution is 2.41. The van der Waals surface area contributed by atoms with Crippen LogP contribution in [-0.4, -0.2) is 39.2 Å². The van der Waals surface area contributed by atoms with Crippen LogP contribution in [0, 0.1) is 19.8 Å². The van der Waals surface area contributed by atoms with Crippen molar-refractivity contribution in [3.63, 3.8) is 0 Å². The molecule has 0 spiro atoms. The molecule has 3 heterocycles. The van der Waals surface area contributed by atoms with Crippen LogP contribution in [0.3, 0.4) is 0 Å². The highest BCUT2D eigenvalue weighted by Gasteiger charge is 2.41. The van der Waals surface area contributed by atoms with E-state index in [1.165, 1.54) is 12.7 Å². The SMILES string of the molecule is COC(=O)c1ccc(-n2c(C)cc([C@@H]3[C@@H](c4ccccn4)NC(=S)N3CC(C)C)c2C)cc1.